The van der Waals surface area contributed by atoms with Gasteiger partial charge in [0.1, 0.15) is 4.75 Å². The van der Waals surface area contributed by atoms with E-state index < -0.39 is 14.8 Å². The third-order valence-corrected chi connectivity index (χ3v) is 5.71. The van der Waals surface area contributed by atoms with E-state index in [9.17, 15) is 8.42 Å². The Hall–Kier alpha value is -1.40. The summed E-state index contributed by atoms with van der Waals surface area (Å²) in [6.07, 6.45) is 3.88. The lowest BCUT2D eigenvalue weighted by atomic mass is 9.78. The molecule has 2 N–H and O–H groups in total. The van der Waals surface area contributed by atoms with Gasteiger partial charge < -0.3 is 0 Å². The van der Waals surface area contributed by atoms with Crippen molar-refractivity contribution in [1.29, 1.82) is 0 Å². The number of benzene rings is 1. The molecule has 1 fully saturated rings. The van der Waals surface area contributed by atoms with E-state index in [1.807, 2.05) is 25.2 Å². The number of sulfonamides is 1. The van der Waals surface area contributed by atoms with E-state index in [2.05, 4.69) is 5.10 Å². The van der Waals surface area contributed by atoms with Crippen LogP contribution in [0.25, 0.3) is 10.9 Å². The van der Waals surface area contributed by atoms with Crippen LogP contribution in [0.2, 0.25) is 0 Å². The highest BCUT2D eigenvalue weighted by atomic mass is 32.2. The highest BCUT2D eigenvalue weighted by Crippen LogP contribution is 2.47. The molecule has 6 heteroatoms. The molecular formula is C12H15N3O2S. The minimum Gasteiger partial charge on any atom is -0.268 e. The molecule has 5 nitrogen and oxygen atoms in total. The molecule has 1 saturated carbocycles. The Bertz CT molecular complexity index is 714. The van der Waals surface area contributed by atoms with Gasteiger partial charge in [-0.2, -0.15) is 5.10 Å². The van der Waals surface area contributed by atoms with Gasteiger partial charge in [-0.3, -0.25) is 4.68 Å². The summed E-state index contributed by atoms with van der Waals surface area (Å²) in [6, 6.07) is 5.66. The normalized spacial score (nSPS) is 18.8. The molecule has 0 bridgehead atoms. The fraction of sp³-hybridized carbons (Fsp3) is 0.417. The molecule has 1 aliphatic carbocycles. The van der Waals surface area contributed by atoms with Gasteiger partial charge >= 0.3 is 0 Å². The van der Waals surface area contributed by atoms with Crippen LogP contribution in [0.3, 0.4) is 0 Å². The number of fused-ring (bicyclic) bond motifs is 1. The van der Waals surface area contributed by atoms with Crippen LogP contribution in [-0.2, 0) is 21.8 Å². The third kappa shape index (κ3) is 1.42. The van der Waals surface area contributed by atoms with Crippen LogP contribution in [0.1, 0.15) is 24.8 Å². The molecule has 1 aliphatic rings. The summed E-state index contributed by atoms with van der Waals surface area (Å²) in [7, 11) is -1.73. The van der Waals surface area contributed by atoms with Crippen LogP contribution in [0.5, 0.6) is 0 Å². The monoisotopic (exact) mass is 265 g/mol. The van der Waals surface area contributed by atoms with Gasteiger partial charge in [0.25, 0.3) is 0 Å². The highest BCUT2D eigenvalue weighted by molar-refractivity contribution is 7.90. The SMILES string of the molecule is Cn1ncc2ccc(C3(S(N)(=O)=O)CCC3)cc21. The van der Waals surface area contributed by atoms with Gasteiger partial charge in [-0.25, -0.2) is 13.6 Å². The predicted molar refractivity (Wildman–Crippen MR) is 69.4 cm³/mol. The number of primary sulfonamides is 1. The summed E-state index contributed by atoms with van der Waals surface area (Å²) in [6.45, 7) is 0. The Kier molecular flexibility index (Phi) is 2.30. The summed E-state index contributed by atoms with van der Waals surface area (Å²) in [5.41, 5.74) is 1.72. The zero-order chi connectivity index (χ0) is 13.0. The number of nitrogens with zero attached hydrogens (tertiary/aromatic N) is 2. The fourth-order valence-electron chi connectivity index (χ4n) is 2.66. The molecule has 0 spiro atoms. The molecule has 1 aromatic carbocycles. The molecule has 0 radical (unpaired) electrons. The number of rotatable bonds is 2. The Morgan fingerprint density at radius 3 is 2.67 bits per heavy atom. The Labute approximate surface area is 106 Å². The molecule has 0 amide bonds. The zero-order valence-electron chi connectivity index (χ0n) is 10.1. The average molecular weight is 265 g/mol. The molecule has 0 atom stereocenters. The van der Waals surface area contributed by atoms with Crippen molar-refractivity contribution in [3.05, 3.63) is 30.0 Å². The summed E-state index contributed by atoms with van der Waals surface area (Å²) in [5.74, 6) is 0. The summed E-state index contributed by atoms with van der Waals surface area (Å²) < 4.78 is 24.6. The molecular weight excluding hydrogens is 250 g/mol. The van der Waals surface area contributed by atoms with Crippen LogP contribution in [-0.4, -0.2) is 18.2 Å². The van der Waals surface area contributed by atoms with Crippen LogP contribution < -0.4 is 5.14 Å². The first-order valence-electron chi connectivity index (χ1n) is 5.89. The Balaban J connectivity index is 2.22. The first-order valence-corrected chi connectivity index (χ1v) is 7.43. The number of nitrogens with two attached hydrogens (primary N) is 1. The molecule has 0 saturated heterocycles. The molecule has 0 unspecified atom stereocenters. The van der Waals surface area contributed by atoms with Crippen LogP contribution in [0.15, 0.2) is 24.4 Å². The maximum atomic E-state index is 11.9. The van der Waals surface area contributed by atoms with Crippen molar-refractivity contribution in [3.63, 3.8) is 0 Å². The lowest BCUT2D eigenvalue weighted by Gasteiger charge is -2.39. The van der Waals surface area contributed by atoms with E-state index in [4.69, 9.17) is 5.14 Å². The minimum atomic E-state index is -3.57. The topological polar surface area (TPSA) is 78.0 Å². The number of aromatic nitrogens is 2. The number of hydrogen-bond acceptors (Lipinski definition) is 3. The van der Waals surface area contributed by atoms with Gasteiger partial charge in [-0.1, -0.05) is 12.1 Å². The molecule has 0 aliphatic heterocycles. The Morgan fingerprint density at radius 2 is 2.11 bits per heavy atom. The summed E-state index contributed by atoms with van der Waals surface area (Å²) >= 11 is 0. The second kappa shape index (κ2) is 3.55. The lowest BCUT2D eigenvalue weighted by Crippen LogP contribution is -2.46. The van der Waals surface area contributed by atoms with E-state index in [0.29, 0.717) is 12.8 Å². The second-order valence-electron chi connectivity index (χ2n) is 4.93. The molecule has 1 aromatic heterocycles. The van der Waals surface area contributed by atoms with Crippen molar-refractivity contribution < 1.29 is 8.42 Å². The van der Waals surface area contributed by atoms with Gasteiger partial charge in [0, 0.05) is 12.4 Å². The average Bonchev–Trinajstić information content (AvgIpc) is 2.57. The van der Waals surface area contributed by atoms with E-state index >= 15 is 0 Å². The van der Waals surface area contributed by atoms with Gasteiger partial charge in [0.15, 0.2) is 0 Å². The van der Waals surface area contributed by atoms with E-state index in [-0.39, 0.29) is 0 Å². The minimum absolute atomic E-state index is 0.606. The third-order valence-electron chi connectivity index (χ3n) is 3.98. The van der Waals surface area contributed by atoms with Crippen molar-refractivity contribution >= 4 is 20.9 Å². The molecule has 96 valence electrons. The van der Waals surface area contributed by atoms with E-state index in [0.717, 1.165) is 22.9 Å². The first kappa shape index (κ1) is 11.7. The second-order valence-corrected chi connectivity index (χ2v) is 6.81. The largest absolute Gasteiger partial charge is 0.268 e. The maximum Gasteiger partial charge on any atom is 0.219 e. The van der Waals surface area contributed by atoms with Crippen molar-refractivity contribution in [3.8, 4) is 0 Å². The van der Waals surface area contributed by atoms with Crippen molar-refractivity contribution in [2.24, 2.45) is 12.2 Å². The lowest BCUT2D eigenvalue weighted by molar-refractivity contribution is 0.345. The van der Waals surface area contributed by atoms with Crippen LogP contribution in [0, 0.1) is 0 Å². The maximum absolute atomic E-state index is 11.9. The van der Waals surface area contributed by atoms with E-state index in [1.165, 1.54) is 0 Å². The molecule has 3 rings (SSSR count). The molecule has 18 heavy (non-hydrogen) atoms. The zero-order valence-corrected chi connectivity index (χ0v) is 10.9. The van der Waals surface area contributed by atoms with Gasteiger partial charge in [-0.15, -0.1) is 0 Å². The van der Waals surface area contributed by atoms with Crippen LogP contribution >= 0.6 is 0 Å². The standard InChI is InChI=1S/C12H15N3O2S/c1-15-11-7-10(4-3-9(11)8-14-15)12(5-2-6-12)18(13,16)17/h3-4,7-8H,2,5-6H2,1H3,(H2,13,16,17). The fourth-order valence-corrected chi connectivity index (χ4v) is 3.98. The van der Waals surface area contributed by atoms with E-state index in [1.54, 1.807) is 10.9 Å². The van der Waals surface area contributed by atoms with Crippen molar-refractivity contribution in [2.45, 2.75) is 24.0 Å². The summed E-state index contributed by atoms with van der Waals surface area (Å²) in [4.78, 5) is 0. The van der Waals surface area contributed by atoms with Gasteiger partial charge in [-0.05, 0) is 30.9 Å². The molecule has 2 aromatic rings. The smallest absolute Gasteiger partial charge is 0.219 e. The van der Waals surface area contributed by atoms with Gasteiger partial charge in [0.05, 0.1) is 11.7 Å². The van der Waals surface area contributed by atoms with Crippen LogP contribution in [0.4, 0.5) is 0 Å². The van der Waals surface area contributed by atoms with Gasteiger partial charge in [0.2, 0.25) is 10.0 Å². The quantitative estimate of drug-likeness (QED) is 0.887. The number of hydrogen-bond donors (Lipinski definition) is 1. The first-order chi connectivity index (χ1) is 8.44. The number of aryl methyl sites for hydroxylation is 1. The Morgan fingerprint density at radius 1 is 1.39 bits per heavy atom. The summed E-state index contributed by atoms with van der Waals surface area (Å²) in [5, 5.41) is 10.6. The molecule has 1 heterocycles. The van der Waals surface area contributed by atoms with Crippen molar-refractivity contribution in [2.75, 3.05) is 0 Å². The highest BCUT2D eigenvalue weighted by Gasteiger charge is 2.48. The van der Waals surface area contributed by atoms with Crippen molar-refractivity contribution in [1.82, 2.24) is 9.78 Å². The predicted octanol–water partition coefficient (Wildman–Crippen LogP) is 1.24.